The van der Waals surface area contributed by atoms with Gasteiger partial charge in [-0.15, -0.1) is 11.3 Å². The standard InChI is InChI=1S/C18H22FN3OS/c1-18(20)9-3-2-4-15(18)16(23)22-17-21-11-14(24-17)10-12-5-7-13(19)8-6-12/h5-8,11,15H,2-4,9-10,20H2,1H3,(H,21,22,23). The highest BCUT2D eigenvalue weighted by Crippen LogP contribution is 2.33. The Hall–Kier alpha value is -1.79. The number of carbonyl (C=O) groups is 1. The number of nitrogens with zero attached hydrogens (tertiary/aromatic N) is 1. The lowest BCUT2D eigenvalue weighted by Crippen LogP contribution is -2.51. The highest BCUT2D eigenvalue weighted by molar-refractivity contribution is 7.15. The van der Waals surface area contributed by atoms with Crippen molar-refractivity contribution in [3.63, 3.8) is 0 Å². The first-order valence-electron chi connectivity index (χ1n) is 8.23. The summed E-state index contributed by atoms with van der Waals surface area (Å²) in [6.45, 7) is 1.96. The molecule has 3 N–H and O–H groups in total. The molecule has 128 valence electrons. The summed E-state index contributed by atoms with van der Waals surface area (Å²) < 4.78 is 12.9. The summed E-state index contributed by atoms with van der Waals surface area (Å²) >= 11 is 1.45. The molecule has 1 heterocycles. The second-order valence-electron chi connectivity index (χ2n) is 6.73. The van der Waals surface area contributed by atoms with Crippen molar-refractivity contribution >= 4 is 22.4 Å². The number of rotatable bonds is 4. The Bertz CT molecular complexity index is 711. The van der Waals surface area contributed by atoms with Crippen molar-refractivity contribution in [3.05, 3.63) is 46.7 Å². The van der Waals surface area contributed by atoms with E-state index in [4.69, 9.17) is 5.73 Å². The molecule has 6 heteroatoms. The maximum Gasteiger partial charge on any atom is 0.231 e. The molecule has 0 spiro atoms. The van der Waals surface area contributed by atoms with Crippen molar-refractivity contribution in [1.29, 1.82) is 0 Å². The van der Waals surface area contributed by atoms with Gasteiger partial charge >= 0.3 is 0 Å². The van der Waals surface area contributed by atoms with Gasteiger partial charge < -0.3 is 11.1 Å². The van der Waals surface area contributed by atoms with E-state index in [9.17, 15) is 9.18 Å². The normalized spacial score (nSPS) is 23.9. The molecular weight excluding hydrogens is 325 g/mol. The minimum atomic E-state index is -0.448. The molecule has 1 amide bonds. The van der Waals surface area contributed by atoms with Gasteiger partial charge in [-0.25, -0.2) is 9.37 Å². The monoisotopic (exact) mass is 347 g/mol. The second kappa shape index (κ2) is 6.99. The molecule has 2 aromatic rings. The molecule has 4 nitrogen and oxygen atoms in total. The second-order valence-corrected chi connectivity index (χ2v) is 7.84. The number of amides is 1. The molecule has 1 aromatic heterocycles. The SMILES string of the molecule is CC1(N)CCCCC1C(=O)Nc1ncc(Cc2ccc(F)cc2)s1. The number of nitrogens with one attached hydrogen (secondary N) is 1. The summed E-state index contributed by atoms with van der Waals surface area (Å²) in [5, 5.41) is 3.51. The zero-order chi connectivity index (χ0) is 17.2. The van der Waals surface area contributed by atoms with Crippen LogP contribution in [-0.2, 0) is 11.2 Å². The number of anilines is 1. The van der Waals surface area contributed by atoms with Gasteiger partial charge in [0.2, 0.25) is 5.91 Å². The van der Waals surface area contributed by atoms with Crippen LogP contribution in [0.3, 0.4) is 0 Å². The van der Waals surface area contributed by atoms with E-state index < -0.39 is 5.54 Å². The molecule has 2 atom stereocenters. The van der Waals surface area contributed by atoms with Gasteiger partial charge in [-0.3, -0.25) is 4.79 Å². The minimum absolute atomic E-state index is 0.0395. The molecule has 24 heavy (non-hydrogen) atoms. The van der Waals surface area contributed by atoms with Gasteiger partial charge in [0.15, 0.2) is 5.13 Å². The summed E-state index contributed by atoms with van der Waals surface area (Å²) in [5.41, 5.74) is 6.85. The molecule has 0 aliphatic heterocycles. The molecule has 1 aliphatic carbocycles. The Morgan fingerprint density at radius 2 is 2.17 bits per heavy atom. The lowest BCUT2D eigenvalue weighted by Gasteiger charge is -2.36. The number of hydrogen-bond acceptors (Lipinski definition) is 4. The quantitative estimate of drug-likeness (QED) is 0.886. The molecule has 3 rings (SSSR count). The summed E-state index contributed by atoms with van der Waals surface area (Å²) in [6, 6.07) is 6.42. The molecule has 2 unspecified atom stereocenters. The first-order valence-corrected chi connectivity index (χ1v) is 9.04. The summed E-state index contributed by atoms with van der Waals surface area (Å²) in [7, 11) is 0. The molecule has 0 radical (unpaired) electrons. The third-order valence-electron chi connectivity index (χ3n) is 4.65. The van der Waals surface area contributed by atoms with Gasteiger partial charge in [-0.05, 0) is 37.5 Å². The molecule has 1 saturated carbocycles. The van der Waals surface area contributed by atoms with Crippen LogP contribution in [0.5, 0.6) is 0 Å². The molecular formula is C18H22FN3OS. The first kappa shape index (κ1) is 17.0. The maximum absolute atomic E-state index is 12.9. The average Bonchev–Trinajstić information content (AvgIpc) is 2.96. The van der Waals surface area contributed by atoms with Crippen LogP contribution in [0.1, 0.15) is 43.0 Å². The van der Waals surface area contributed by atoms with Crippen LogP contribution < -0.4 is 11.1 Å². The third-order valence-corrected chi connectivity index (χ3v) is 5.56. The number of benzene rings is 1. The Balaban J connectivity index is 1.63. The average molecular weight is 347 g/mol. The lowest BCUT2D eigenvalue weighted by atomic mass is 9.74. The minimum Gasteiger partial charge on any atom is -0.325 e. The molecule has 0 bridgehead atoms. The van der Waals surface area contributed by atoms with Crippen LogP contribution >= 0.6 is 11.3 Å². The zero-order valence-corrected chi connectivity index (χ0v) is 14.5. The van der Waals surface area contributed by atoms with Crippen LogP contribution in [0.4, 0.5) is 9.52 Å². The van der Waals surface area contributed by atoms with E-state index in [2.05, 4.69) is 10.3 Å². The van der Waals surface area contributed by atoms with Crippen molar-refractivity contribution in [2.24, 2.45) is 11.7 Å². The number of halogens is 1. The van der Waals surface area contributed by atoms with E-state index >= 15 is 0 Å². The van der Waals surface area contributed by atoms with E-state index in [1.165, 1.54) is 23.5 Å². The van der Waals surface area contributed by atoms with E-state index in [0.29, 0.717) is 11.6 Å². The maximum atomic E-state index is 12.9. The van der Waals surface area contributed by atoms with Crippen molar-refractivity contribution in [2.75, 3.05) is 5.32 Å². The van der Waals surface area contributed by atoms with Crippen LogP contribution in [-0.4, -0.2) is 16.4 Å². The Kier molecular flexibility index (Phi) is 4.96. The van der Waals surface area contributed by atoms with Gasteiger partial charge in [0.1, 0.15) is 5.82 Å². The summed E-state index contributed by atoms with van der Waals surface area (Å²) in [4.78, 5) is 17.8. The smallest absolute Gasteiger partial charge is 0.231 e. The molecule has 1 fully saturated rings. The number of aromatic nitrogens is 1. The fourth-order valence-corrected chi connectivity index (χ4v) is 4.08. The van der Waals surface area contributed by atoms with E-state index in [1.807, 2.05) is 6.92 Å². The van der Waals surface area contributed by atoms with Gasteiger partial charge in [0.25, 0.3) is 0 Å². The predicted octanol–water partition coefficient (Wildman–Crippen LogP) is 3.72. The number of thiazole rings is 1. The van der Waals surface area contributed by atoms with Crippen molar-refractivity contribution in [3.8, 4) is 0 Å². The summed E-state index contributed by atoms with van der Waals surface area (Å²) in [5.74, 6) is -0.452. The van der Waals surface area contributed by atoms with E-state index in [0.717, 1.165) is 36.1 Å². The molecule has 1 aliphatic rings. The van der Waals surface area contributed by atoms with Gasteiger partial charge in [0.05, 0.1) is 5.92 Å². The fraction of sp³-hybridized carbons (Fsp3) is 0.444. The van der Waals surface area contributed by atoms with Crippen LogP contribution in [0, 0.1) is 11.7 Å². The Morgan fingerprint density at radius 1 is 1.42 bits per heavy atom. The first-order chi connectivity index (χ1) is 11.4. The molecule has 0 saturated heterocycles. The number of carbonyl (C=O) groups excluding carboxylic acids is 1. The number of nitrogens with two attached hydrogens (primary N) is 1. The van der Waals surface area contributed by atoms with E-state index in [-0.39, 0.29) is 17.6 Å². The Morgan fingerprint density at radius 3 is 2.88 bits per heavy atom. The number of hydrogen-bond donors (Lipinski definition) is 2. The van der Waals surface area contributed by atoms with Gasteiger partial charge in [-0.1, -0.05) is 25.0 Å². The Labute approximate surface area is 145 Å². The van der Waals surface area contributed by atoms with Crippen LogP contribution in [0.2, 0.25) is 0 Å². The van der Waals surface area contributed by atoms with Crippen LogP contribution in [0.15, 0.2) is 30.5 Å². The van der Waals surface area contributed by atoms with Crippen LogP contribution in [0.25, 0.3) is 0 Å². The lowest BCUT2D eigenvalue weighted by molar-refractivity contribution is -0.122. The molecule has 1 aromatic carbocycles. The topological polar surface area (TPSA) is 68.0 Å². The van der Waals surface area contributed by atoms with Gasteiger partial charge in [0, 0.05) is 23.0 Å². The highest BCUT2D eigenvalue weighted by Gasteiger charge is 2.38. The van der Waals surface area contributed by atoms with Gasteiger partial charge in [-0.2, -0.15) is 0 Å². The van der Waals surface area contributed by atoms with Crippen molar-refractivity contribution < 1.29 is 9.18 Å². The zero-order valence-electron chi connectivity index (χ0n) is 13.7. The predicted molar refractivity (Wildman–Crippen MR) is 94.5 cm³/mol. The van der Waals surface area contributed by atoms with E-state index in [1.54, 1.807) is 18.3 Å². The highest BCUT2D eigenvalue weighted by atomic mass is 32.1. The van der Waals surface area contributed by atoms with Crippen molar-refractivity contribution in [2.45, 2.75) is 44.6 Å². The fourth-order valence-electron chi connectivity index (χ4n) is 3.23. The summed E-state index contributed by atoms with van der Waals surface area (Å²) in [6.07, 6.45) is 6.25. The third kappa shape index (κ3) is 3.99. The van der Waals surface area contributed by atoms with Crippen molar-refractivity contribution in [1.82, 2.24) is 4.98 Å². The largest absolute Gasteiger partial charge is 0.325 e.